The molecule has 0 amide bonds. The molecule has 0 spiro atoms. The van der Waals surface area contributed by atoms with Crippen LogP contribution in [0.25, 0.3) is 27.4 Å². The molecule has 0 atom stereocenters. The summed E-state index contributed by atoms with van der Waals surface area (Å²) in [5.74, 6) is 0. The lowest BCUT2D eigenvalue weighted by Gasteiger charge is -2.08. The lowest BCUT2D eigenvalue weighted by atomic mass is 10.1. The smallest absolute Gasteiger partial charge is 0.233 e. The molecule has 0 fully saturated rings. The first-order valence-corrected chi connectivity index (χ1v) is 9.82. The zero-order valence-electron chi connectivity index (χ0n) is 14.4. The number of aromatic nitrogens is 2. The average molecular weight is 382 g/mol. The van der Waals surface area contributed by atoms with E-state index in [1.165, 1.54) is 12.1 Å². The van der Waals surface area contributed by atoms with Gasteiger partial charge in [0.25, 0.3) is 0 Å². The number of primary sulfonamides is 1. The number of hydrogen-bond donors (Lipinski definition) is 1. The molecule has 3 aromatic rings. The number of azide groups is 1. The van der Waals surface area contributed by atoms with Crippen LogP contribution in [0.4, 0.5) is 0 Å². The highest BCUT2D eigenvalue weighted by Crippen LogP contribution is 2.25. The van der Waals surface area contributed by atoms with Crippen LogP contribution in [-0.4, -0.2) is 24.7 Å². The van der Waals surface area contributed by atoms with Crippen LogP contribution in [0, 0.1) is 0 Å². The second kappa shape index (κ2) is 8.05. The topological polar surface area (TPSA) is 127 Å². The number of nitrogens with zero attached hydrogens (tertiary/aromatic N) is 5. The van der Waals surface area contributed by atoms with E-state index >= 15 is 0 Å². The highest BCUT2D eigenvalue weighted by Gasteiger charge is 2.13. The molecule has 0 saturated carbocycles. The van der Waals surface area contributed by atoms with Crippen LogP contribution >= 0.6 is 0 Å². The molecule has 1 heterocycles. The Morgan fingerprint density at radius 3 is 2.44 bits per heavy atom. The van der Waals surface area contributed by atoms with E-state index in [-0.39, 0.29) is 4.90 Å². The second-order valence-corrected chi connectivity index (χ2v) is 7.46. The van der Waals surface area contributed by atoms with E-state index in [1.807, 2.05) is 36.4 Å². The summed E-state index contributed by atoms with van der Waals surface area (Å²) >= 11 is 0. The monoisotopic (exact) mass is 382 g/mol. The number of benzene rings is 2. The Balaban J connectivity index is 1.99. The Labute approximate surface area is 156 Å². The molecule has 2 aromatic carbocycles. The zero-order valence-corrected chi connectivity index (χ0v) is 15.2. The summed E-state index contributed by atoms with van der Waals surface area (Å²) in [6.45, 7) is 0.410. The minimum Gasteiger partial charge on any atom is -0.233 e. The fraction of sp³-hybridized carbons (Fsp3) is 0.167. The summed E-state index contributed by atoms with van der Waals surface area (Å²) in [7, 11) is -3.75. The summed E-state index contributed by atoms with van der Waals surface area (Å²) in [6, 6.07) is 18.0. The van der Waals surface area contributed by atoms with Gasteiger partial charge in [0.1, 0.15) is 0 Å². The number of rotatable bonds is 7. The van der Waals surface area contributed by atoms with Gasteiger partial charge in [0.15, 0.2) is 0 Å². The van der Waals surface area contributed by atoms with Gasteiger partial charge in [0.05, 0.1) is 22.0 Å². The van der Waals surface area contributed by atoms with Crippen LogP contribution in [0.1, 0.15) is 12.1 Å². The molecule has 8 nitrogen and oxygen atoms in total. The van der Waals surface area contributed by atoms with Crippen LogP contribution in [0.3, 0.4) is 0 Å². The van der Waals surface area contributed by atoms with Crippen LogP contribution in [0.15, 0.2) is 70.7 Å². The second-order valence-electron chi connectivity index (χ2n) is 5.90. The van der Waals surface area contributed by atoms with Gasteiger partial charge >= 0.3 is 0 Å². The van der Waals surface area contributed by atoms with Gasteiger partial charge in [-0.25, -0.2) is 18.2 Å². The number of nitrogens with two attached hydrogens (primary N) is 1. The maximum absolute atomic E-state index is 11.5. The number of aryl methyl sites for hydroxylation is 1. The molecule has 1 aromatic heterocycles. The normalized spacial score (nSPS) is 11.1. The van der Waals surface area contributed by atoms with E-state index in [2.05, 4.69) is 15.1 Å². The first-order chi connectivity index (χ1) is 13.0. The van der Waals surface area contributed by atoms with Gasteiger partial charge in [-0.15, -0.1) is 0 Å². The van der Waals surface area contributed by atoms with Gasteiger partial charge in [0, 0.05) is 17.0 Å². The van der Waals surface area contributed by atoms with Gasteiger partial charge in [-0.05, 0) is 48.7 Å². The molecule has 27 heavy (non-hydrogen) atoms. The van der Waals surface area contributed by atoms with Crippen molar-refractivity contribution >= 4 is 10.0 Å². The van der Waals surface area contributed by atoms with Crippen molar-refractivity contribution in [1.82, 2.24) is 9.78 Å². The van der Waals surface area contributed by atoms with Crippen molar-refractivity contribution in [3.05, 3.63) is 76.8 Å². The molecule has 0 aliphatic rings. The lowest BCUT2D eigenvalue weighted by Crippen LogP contribution is -2.12. The fourth-order valence-electron chi connectivity index (χ4n) is 2.72. The molecule has 9 heteroatoms. The van der Waals surface area contributed by atoms with Crippen molar-refractivity contribution < 1.29 is 8.42 Å². The highest BCUT2D eigenvalue weighted by atomic mass is 32.2. The van der Waals surface area contributed by atoms with Crippen LogP contribution in [-0.2, 0) is 16.4 Å². The SMILES string of the molecule is [N-]=[N+]=NCCCc1cc(-c2ccccc2)n(-c2ccc(S(N)(=O)=O)cc2)n1. The summed E-state index contributed by atoms with van der Waals surface area (Å²) in [6.07, 6.45) is 1.36. The first kappa shape index (κ1) is 18.7. The highest BCUT2D eigenvalue weighted by molar-refractivity contribution is 7.89. The van der Waals surface area contributed by atoms with Crippen LogP contribution in [0.2, 0.25) is 0 Å². The molecule has 0 aliphatic carbocycles. The molecular formula is C18H18N6O2S. The van der Waals surface area contributed by atoms with Crippen molar-refractivity contribution in [3.63, 3.8) is 0 Å². The van der Waals surface area contributed by atoms with Crippen molar-refractivity contribution in [2.24, 2.45) is 10.3 Å². The molecule has 0 radical (unpaired) electrons. The number of hydrogen-bond acceptors (Lipinski definition) is 4. The molecule has 138 valence electrons. The minimum atomic E-state index is -3.75. The van der Waals surface area contributed by atoms with Gasteiger partial charge in [0.2, 0.25) is 10.0 Å². The van der Waals surface area contributed by atoms with Gasteiger partial charge in [-0.2, -0.15) is 5.10 Å². The Hall–Kier alpha value is -3.13. The Morgan fingerprint density at radius 1 is 1.11 bits per heavy atom. The molecule has 0 aliphatic heterocycles. The third-order valence-electron chi connectivity index (χ3n) is 3.99. The fourth-order valence-corrected chi connectivity index (χ4v) is 3.23. The lowest BCUT2D eigenvalue weighted by molar-refractivity contribution is 0.598. The Morgan fingerprint density at radius 2 is 1.81 bits per heavy atom. The summed E-state index contributed by atoms with van der Waals surface area (Å²) in [5, 5.41) is 13.4. The Bertz CT molecular complexity index is 1070. The Kier molecular flexibility index (Phi) is 5.56. The van der Waals surface area contributed by atoms with Crippen molar-refractivity contribution in [2.75, 3.05) is 6.54 Å². The van der Waals surface area contributed by atoms with Gasteiger partial charge in [-0.3, -0.25) is 0 Å². The predicted molar refractivity (Wildman–Crippen MR) is 103 cm³/mol. The largest absolute Gasteiger partial charge is 0.238 e. The third-order valence-corrected chi connectivity index (χ3v) is 4.92. The molecule has 3 rings (SSSR count). The maximum Gasteiger partial charge on any atom is 0.238 e. The maximum atomic E-state index is 11.5. The predicted octanol–water partition coefficient (Wildman–Crippen LogP) is 3.43. The van der Waals surface area contributed by atoms with Gasteiger partial charge in [-0.1, -0.05) is 35.4 Å². The van der Waals surface area contributed by atoms with Crippen molar-refractivity contribution in [3.8, 4) is 16.9 Å². The molecule has 0 unspecified atom stereocenters. The average Bonchev–Trinajstić information content (AvgIpc) is 3.10. The quantitative estimate of drug-likeness (QED) is 0.291. The van der Waals surface area contributed by atoms with Crippen LogP contribution < -0.4 is 5.14 Å². The summed E-state index contributed by atoms with van der Waals surface area (Å²) < 4.78 is 24.7. The van der Waals surface area contributed by atoms with Crippen molar-refractivity contribution in [1.29, 1.82) is 0 Å². The zero-order chi connectivity index (χ0) is 19.3. The summed E-state index contributed by atoms with van der Waals surface area (Å²) in [4.78, 5) is 2.80. The van der Waals surface area contributed by atoms with Crippen molar-refractivity contribution in [2.45, 2.75) is 17.7 Å². The first-order valence-electron chi connectivity index (χ1n) is 8.27. The van der Waals surface area contributed by atoms with E-state index < -0.39 is 10.0 Å². The number of sulfonamides is 1. The van der Waals surface area contributed by atoms with E-state index in [9.17, 15) is 8.42 Å². The van der Waals surface area contributed by atoms with E-state index in [1.54, 1.807) is 16.8 Å². The molecule has 0 bridgehead atoms. The minimum absolute atomic E-state index is 0.0502. The molecule has 0 saturated heterocycles. The standard InChI is InChI=1S/C18H18N6O2S/c19-23-21-12-4-7-15-13-18(14-5-2-1-3-6-14)24(22-15)16-8-10-17(11-9-16)27(20,25)26/h1-3,5-6,8-11,13H,4,7,12H2,(H2,20,25,26). The van der Waals surface area contributed by atoms with E-state index in [0.29, 0.717) is 19.4 Å². The van der Waals surface area contributed by atoms with E-state index in [4.69, 9.17) is 10.7 Å². The third kappa shape index (κ3) is 4.53. The van der Waals surface area contributed by atoms with E-state index in [0.717, 1.165) is 22.6 Å². The van der Waals surface area contributed by atoms with Crippen LogP contribution in [0.5, 0.6) is 0 Å². The summed E-state index contributed by atoms with van der Waals surface area (Å²) in [5.41, 5.74) is 11.8. The molecule has 2 N–H and O–H groups in total. The molecular weight excluding hydrogens is 364 g/mol. The van der Waals surface area contributed by atoms with Gasteiger partial charge < -0.3 is 0 Å².